The van der Waals surface area contributed by atoms with Gasteiger partial charge in [-0.1, -0.05) is 12.8 Å². The van der Waals surface area contributed by atoms with E-state index in [-0.39, 0.29) is 0 Å². The van der Waals surface area contributed by atoms with E-state index in [0.717, 1.165) is 24.4 Å². The van der Waals surface area contributed by atoms with Crippen LogP contribution in [0.2, 0.25) is 0 Å². The van der Waals surface area contributed by atoms with Gasteiger partial charge in [-0.15, -0.1) is 11.6 Å². The molecule has 0 aromatic heterocycles. The number of hydrogen-bond acceptors (Lipinski definition) is 1. The Balaban J connectivity index is 1.64. The number of rotatable bonds is 6. The highest BCUT2D eigenvalue weighted by molar-refractivity contribution is 6.18. The maximum atomic E-state index is 5.76. The van der Waals surface area contributed by atoms with Crippen molar-refractivity contribution in [1.29, 1.82) is 0 Å². The van der Waals surface area contributed by atoms with Crippen LogP contribution in [-0.2, 0) is 0 Å². The molecule has 2 aliphatic rings. The van der Waals surface area contributed by atoms with Crippen molar-refractivity contribution in [2.45, 2.75) is 38.1 Å². The summed E-state index contributed by atoms with van der Waals surface area (Å²) in [4.78, 5) is 2.59. The van der Waals surface area contributed by atoms with Gasteiger partial charge in [-0.25, -0.2) is 0 Å². The van der Waals surface area contributed by atoms with Crippen LogP contribution in [0.5, 0.6) is 0 Å². The van der Waals surface area contributed by atoms with Gasteiger partial charge in [0.2, 0.25) is 0 Å². The zero-order chi connectivity index (χ0) is 8.39. The van der Waals surface area contributed by atoms with E-state index in [2.05, 4.69) is 4.90 Å². The molecule has 12 heavy (non-hydrogen) atoms. The highest BCUT2D eigenvalue weighted by Crippen LogP contribution is 2.34. The first-order valence-electron chi connectivity index (χ1n) is 5.20. The minimum atomic E-state index is 0.807. The summed E-state index contributed by atoms with van der Waals surface area (Å²) in [6.45, 7) is 2.42. The molecule has 0 unspecified atom stereocenters. The monoisotopic (exact) mass is 187 g/mol. The van der Waals surface area contributed by atoms with E-state index >= 15 is 0 Å². The van der Waals surface area contributed by atoms with Gasteiger partial charge in [-0.3, -0.25) is 4.90 Å². The lowest BCUT2D eigenvalue weighted by Crippen LogP contribution is -2.29. The molecule has 0 bridgehead atoms. The SMILES string of the molecule is ClCCN(CCC1CC1)C1CC1. The quantitative estimate of drug-likeness (QED) is 0.578. The van der Waals surface area contributed by atoms with E-state index in [1.807, 2.05) is 0 Å². The molecule has 0 radical (unpaired) electrons. The van der Waals surface area contributed by atoms with Crippen molar-refractivity contribution in [3.8, 4) is 0 Å². The summed E-state index contributed by atoms with van der Waals surface area (Å²) in [5, 5.41) is 0. The van der Waals surface area contributed by atoms with Crippen LogP contribution in [0.25, 0.3) is 0 Å². The fraction of sp³-hybridized carbons (Fsp3) is 1.00. The predicted molar refractivity (Wildman–Crippen MR) is 52.7 cm³/mol. The predicted octanol–water partition coefficient (Wildman–Crippen LogP) is 2.49. The molecule has 0 aromatic rings. The zero-order valence-electron chi connectivity index (χ0n) is 7.64. The Bertz CT molecular complexity index is 141. The van der Waals surface area contributed by atoms with Crippen LogP contribution in [0.1, 0.15) is 32.1 Å². The molecule has 1 nitrogen and oxygen atoms in total. The fourth-order valence-electron chi connectivity index (χ4n) is 1.78. The van der Waals surface area contributed by atoms with Crippen LogP contribution in [0, 0.1) is 5.92 Å². The van der Waals surface area contributed by atoms with E-state index in [0.29, 0.717) is 0 Å². The lowest BCUT2D eigenvalue weighted by atomic mass is 10.2. The van der Waals surface area contributed by atoms with Gasteiger partial charge in [-0.05, 0) is 31.7 Å². The van der Waals surface area contributed by atoms with Crippen LogP contribution in [0.15, 0.2) is 0 Å². The van der Waals surface area contributed by atoms with Gasteiger partial charge in [0.25, 0.3) is 0 Å². The summed E-state index contributed by atoms with van der Waals surface area (Å²) < 4.78 is 0. The lowest BCUT2D eigenvalue weighted by molar-refractivity contribution is 0.270. The van der Waals surface area contributed by atoms with Crippen LogP contribution in [0.4, 0.5) is 0 Å². The summed E-state index contributed by atoms with van der Waals surface area (Å²) in [7, 11) is 0. The molecule has 2 heteroatoms. The molecule has 0 saturated heterocycles. The van der Waals surface area contributed by atoms with Gasteiger partial charge < -0.3 is 0 Å². The van der Waals surface area contributed by atoms with Crippen molar-refractivity contribution >= 4 is 11.6 Å². The van der Waals surface area contributed by atoms with E-state index in [1.165, 1.54) is 38.6 Å². The Hall–Kier alpha value is 0.250. The standard InChI is InChI=1S/C10H18ClN/c11-6-8-12(10-3-4-10)7-5-9-1-2-9/h9-10H,1-8H2. The van der Waals surface area contributed by atoms with Crippen molar-refractivity contribution in [3.63, 3.8) is 0 Å². The van der Waals surface area contributed by atoms with Gasteiger partial charge in [0, 0.05) is 18.5 Å². The second-order valence-electron chi connectivity index (χ2n) is 4.19. The summed E-state index contributed by atoms with van der Waals surface area (Å²) in [6, 6.07) is 0.905. The first kappa shape index (κ1) is 8.83. The average molecular weight is 188 g/mol. The highest BCUT2D eigenvalue weighted by Gasteiger charge is 2.30. The Kier molecular flexibility index (Phi) is 2.92. The zero-order valence-corrected chi connectivity index (χ0v) is 8.39. The summed E-state index contributed by atoms with van der Waals surface area (Å²) in [6.07, 6.45) is 7.23. The Labute approximate surface area is 80.1 Å². The molecule has 70 valence electrons. The number of halogens is 1. The van der Waals surface area contributed by atoms with Crippen molar-refractivity contribution in [2.24, 2.45) is 5.92 Å². The van der Waals surface area contributed by atoms with Crippen molar-refractivity contribution in [2.75, 3.05) is 19.0 Å². The van der Waals surface area contributed by atoms with Crippen molar-refractivity contribution in [1.82, 2.24) is 4.90 Å². The molecule has 2 fully saturated rings. The number of nitrogens with zero attached hydrogens (tertiary/aromatic N) is 1. The minimum Gasteiger partial charge on any atom is -0.299 e. The number of hydrogen-bond donors (Lipinski definition) is 0. The first-order valence-corrected chi connectivity index (χ1v) is 5.73. The van der Waals surface area contributed by atoms with Crippen molar-refractivity contribution in [3.05, 3.63) is 0 Å². The Morgan fingerprint density at radius 1 is 1.08 bits per heavy atom. The third-order valence-corrected chi connectivity index (χ3v) is 3.13. The van der Waals surface area contributed by atoms with E-state index < -0.39 is 0 Å². The smallest absolute Gasteiger partial charge is 0.0351 e. The van der Waals surface area contributed by atoms with Gasteiger partial charge in [-0.2, -0.15) is 0 Å². The largest absolute Gasteiger partial charge is 0.299 e. The third-order valence-electron chi connectivity index (χ3n) is 2.96. The maximum absolute atomic E-state index is 5.76. The molecule has 0 spiro atoms. The van der Waals surface area contributed by atoms with Crippen LogP contribution >= 0.6 is 11.6 Å². The molecule has 0 aromatic carbocycles. The topological polar surface area (TPSA) is 3.24 Å². The minimum absolute atomic E-state index is 0.807. The molecule has 2 aliphatic carbocycles. The molecular weight excluding hydrogens is 170 g/mol. The lowest BCUT2D eigenvalue weighted by Gasteiger charge is -2.20. The summed E-state index contributed by atoms with van der Waals surface area (Å²) >= 11 is 5.76. The van der Waals surface area contributed by atoms with Crippen molar-refractivity contribution < 1.29 is 0 Å². The second kappa shape index (κ2) is 3.97. The fourth-order valence-corrected chi connectivity index (χ4v) is 2.00. The Morgan fingerprint density at radius 3 is 2.33 bits per heavy atom. The molecule has 0 N–H and O–H groups in total. The molecule has 2 rings (SSSR count). The molecule has 0 amide bonds. The van der Waals surface area contributed by atoms with Crippen LogP contribution in [-0.4, -0.2) is 29.9 Å². The van der Waals surface area contributed by atoms with E-state index in [1.54, 1.807) is 0 Å². The molecule has 2 saturated carbocycles. The van der Waals surface area contributed by atoms with Gasteiger partial charge in [0.15, 0.2) is 0 Å². The van der Waals surface area contributed by atoms with E-state index in [9.17, 15) is 0 Å². The maximum Gasteiger partial charge on any atom is 0.0351 e. The summed E-state index contributed by atoms with van der Waals surface area (Å²) in [5.74, 6) is 1.88. The van der Waals surface area contributed by atoms with Gasteiger partial charge in [0.1, 0.15) is 0 Å². The first-order chi connectivity index (χ1) is 5.90. The van der Waals surface area contributed by atoms with Crippen LogP contribution < -0.4 is 0 Å². The van der Waals surface area contributed by atoms with Gasteiger partial charge >= 0.3 is 0 Å². The highest BCUT2D eigenvalue weighted by atomic mass is 35.5. The molecular formula is C10H18ClN. The van der Waals surface area contributed by atoms with Gasteiger partial charge in [0.05, 0.1) is 0 Å². The molecule has 0 heterocycles. The molecule has 0 atom stereocenters. The summed E-state index contributed by atoms with van der Waals surface area (Å²) in [5.41, 5.74) is 0. The normalized spacial score (nSPS) is 23.5. The molecule has 0 aliphatic heterocycles. The second-order valence-corrected chi connectivity index (χ2v) is 4.57. The third kappa shape index (κ3) is 2.63. The average Bonchev–Trinajstić information content (AvgIpc) is 2.86. The van der Waals surface area contributed by atoms with E-state index in [4.69, 9.17) is 11.6 Å². The Morgan fingerprint density at radius 2 is 1.83 bits per heavy atom. The van der Waals surface area contributed by atoms with Crippen LogP contribution in [0.3, 0.4) is 0 Å². The number of alkyl halides is 1.